The Hall–Kier alpha value is -3.01. The second-order valence-electron chi connectivity index (χ2n) is 9.70. The predicted molar refractivity (Wildman–Crippen MR) is 139 cm³/mol. The third kappa shape index (κ3) is 7.74. The van der Waals surface area contributed by atoms with Crippen LogP contribution in [0.15, 0.2) is 71.0 Å². The van der Waals surface area contributed by atoms with Crippen LogP contribution < -0.4 is 0 Å². The van der Waals surface area contributed by atoms with Crippen LogP contribution in [0.1, 0.15) is 51.3 Å². The molecule has 185 valence electrons. The van der Waals surface area contributed by atoms with Crippen LogP contribution in [-0.4, -0.2) is 15.9 Å². The summed E-state index contributed by atoms with van der Waals surface area (Å²) < 4.78 is 6.05. The first-order chi connectivity index (χ1) is 15.9. The second kappa shape index (κ2) is 11.6. The van der Waals surface area contributed by atoms with Crippen LogP contribution >= 0.6 is 0 Å². The van der Waals surface area contributed by atoms with E-state index < -0.39 is 0 Å². The van der Waals surface area contributed by atoms with Gasteiger partial charge in [-0.15, -0.1) is 34.9 Å². The number of furan rings is 1. The van der Waals surface area contributed by atoms with Crippen LogP contribution in [0.5, 0.6) is 0 Å². The van der Waals surface area contributed by atoms with Gasteiger partial charge in [0.2, 0.25) is 0 Å². The monoisotopic (exact) mass is 647 g/mol. The van der Waals surface area contributed by atoms with Gasteiger partial charge in [-0.25, -0.2) is 0 Å². The Labute approximate surface area is 221 Å². The molecule has 2 aromatic carbocycles. The minimum Gasteiger partial charge on any atom is -0.512 e. The average Bonchev–Trinajstić information content (AvgIpc) is 3.15. The number of rotatable bonds is 3. The van der Waals surface area contributed by atoms with Crippen molar-refractivity contribution in [1.82, 2.24) is 4.98 Å². The van der Waals surface area contributed by atoms with E-state index in [0.29, 0.717) is 0 Å². The first-order valence-electron chi connectivity index (χ1n) is 11.3. The van der Waals surface area contributed by atoms with E-state index in [1.165, 1.54) is 31.1 Å². The molecule has 0 bridgehead atoms. The van der Waals surface area contributed by atoms with Crippen molar-refractivity contribution in [3.8, 4) is 22.6 Å². The van der Waals surface area contributed by atoms with E-state index in [9.17, 15) is 4.79 Å². The van der Waals surface area contributed by atoms with Crippen molar-refractivity contribution in [2.24, 2.45) is 0 Å². The Morgan fingerprint density at radius 3 is 2.20 bits per heavy atom. The molecule has 0 saturated carbocycles. The number of aromatic nitrogens is 1. The van der Waals surface area contributed by atoms with Gasteiger partial charge in [0.15, 0.2) is 11.4 Å². The van der Waals surface area contributed by atoms with Crippen LogP contribution in [-0.2, 0) is 30.3 Å². The summed E-state index contributed by atoms with van der Waals surface area (Å²) in [4.78, 5) is 14.6. The van der Waals surface area contributed by atoms with Gasteiger partial charge in [0.25, 0.3) is 0 Å². The molecule has 1 N–H and O–H groups in total. The van der Waals surface area contributed by atoms with Gasteiger partial charge in [0, 0.05) is 37.1 Å². The second-order valence-corrected chi connectivity index (χ2v) is 9.70. The topological polar surface area (TPSA) is 63.3 Å². The average molecular weight is 647 g/mol. The Kier molecular flexibility index (Phi) is 9.37. The largest absolute Gasteiger partial charge is 0.512 e. The quantitative estimate of drug-likeness (QED) is 0.140. The molecule has 4 nitrogen and oxygen atoms in total. The molecule has 0 aliphatic carbocycles. The predicted octanol–water partition coefficient (Wildman–Crippen LogP) is 7.91. The zero-order chi connectivity index (χ0) is 25.0. The van der Waals surface area contributed by atoms with Crippen LogP contribution in [0.2, 0.25) is 0 Å². The van der Waals surface area contributed by atoms with E-state index in [-0.39, 0.29) is 37.1 Å². The van der Waals surface area contributed by atoms with Crippen molar-refractivity contribution in [1.29, 1.82) is 0 Å². The summed E-state index contributed by atoms with van der Waals surface area (Å²) in [6, 6.07) is 20.4. The Balaban J connectivity index is 0.000000476. The summed E-state index contributed by atoms with van der Waals surface area (Å²) in [7, 11) is 0. The maximum Gasteiger partial charge on any atom is 0.155 e. The number of hydrogen-bond donors (Lipinski definition) is 1. The first-order valence-corrected chi connectivity index (χ1v) is 11.3. The number of aryl methyl sites for hydroxylation is 2. The minimum absolute atomic E-state index is 0. The van der Waals surface area contributed by atoms with Gasteiger partial charge >= 0.3 is 0 Å². The maximum atomic E-state index is 10.0. The molecule has 0 amide bonds. The minimum atomic E-state index is -0.125. The number of ketones is 1. The number of aliphatic hydroxyl groups is 1. The standard InChI is InChI=1S/C25H24NO.C5H8O2.Ir/c1-16-10-17(2)12-19(11-16)22-13-20-14-23(27-24(20)15-26-22)18-6-8-21(9-7-18)25(3,4)5;1-4(6)3-5(2)7;/h6-11,13-15H,1-5H3;3,6H,1-2H3;/q-1;;/b;4-3-;. The fourth-order valence-electron chi connectivity index (χ4n) is 3.70. The third-order valence-corrected chi connectivity index (χ3v) is 5.28. The summed E-state index contributed by atoms with van der Waals surface area (Å²) in [5.41, 5.74) is 7.63. The van der Waals surface area contributed by atoms with Crippen molar-refractivity contribution in [3.63, 3.8) is 0 Å². The van der Waals surface area contributed by atoms with Crippen LogP contribution in [0.25, 0.3) is 33.6 Å². The molecule has 0 unspecified atom stereocenters. The number of nitrogens with zero attached hydrogens (tertiary/aromatic N) is 1. The van der Waals surface area contributed by atoms with E-state index in [1.807, 2.05) is 6.20 Å². The van der Waals surface area contributed by atoms with Gasteiger partial charge in [-0.05, 0) is 36.6 Å². The summed E-state index contributed by atoms with van der Waals surface area (Å²) >= 11 is 0. The third-order valence-electron chi connectivity index (χ3n) is 5.28. The molecule has 5 heteroatoms. The number of carbonyl (C=O) groups excluding carboxylic acids is 1. The molecule has 4 aromatic rings. The summed E-state index contributed by atoms with van der Waals surface area (Å²) in [6.07, 6.45) is 2.98. The molecule has 4 rings (SSSR count). The summed E-state index contributed by atoms with van der Waals surface area (Å²) in [5, 5.41) is 9.42. The fraction of sp³-hybridized carbons (Fsp3) is 0.267. The summed E-state index contributed by atoms with van der Waals surface area (Å²) in [6.45, 7) is 13.7. The molecule has 2 aromatic heterocycles. The van der Waals surface area contributed by atoms with E-state index in [2.05, 4.69) is 94.2 Å². The molecule has 0 aliphatic heterocycles. The summed E-state index contributed by atoms with van der Waals surface area (Å²) in [5.74, 6) is 0.807. The van der Waals surface area contributed by atoms with Crippen molar-refractivity contribution in [2.45, 2.75) is 53.9 Å². The van der Waals surface area contributed by atoms with E-state index in [0.717, 1.165) is 39.1 Å². The molecule has 0 aliphatic rings. The molecule has 1 radical (unpaired) electrons. The van der Waals surface area contributed by atoms with Gasteiger partial charge in [-0.1, -0.05) is 65.0 Å². The molecule has 0 saturated heterocycles. The first kappa shape index (κ1) is 28.2. The Morgan fingerprint density at radius 1 is 1.03 bits per heavy atom. The van der Waals surface area contributed by atoms with Gasteiger partial charge < -0.3 is 14.5 Å². The van der Waals surface area contributed by atoms with Crippen LogP contribution in [0.3, 0.4) is 0 Å². The number of pyridine rings is 1. The molecule has 0 atom stereocenters. The molecular weight excluding hydrogens is 615 g/mol. The number of aliphatic hydroxyl groups excluding tert-OH is 1. The van der Waals surface area contributed by atoms with Gasteiger partial charge in [0.1, 0.15) is 5.76 Å². The number of allylic oxidation sites excluding steroid dienone is 2. The molecule has 35 heavy (non-hydrogen) atoms. The number of fused-ring (bicyclic) bond motifs is 1. The van der Waals surface area contributed by atoms with E-state index in [1.54, 1.807) is 0 Å². The SMILES string of the molecule is CC(=O)/C=C(/C)O.Cc1[c-]c(-c2cc3cc(-c4ccc(C(C)(C)C)cc4)oc3cn2)cc(C)c1.[Ir]. The van der Waals surface area contributed by atoms with Crippen molar-refractivity contribution in [3.05, 3.63) is 89.3 Å². The number of benzene rings is 2. The van der Waals surface area contributed by atoms with Gasteiger partial charge in [-0.2, -0.15) is 0 Å². The fourth-order valence-corrected chi connectivity index (χ4v) is 3.70. The number of carbonyl (C=O) groups is 1. The normalized spacial score (nSPS) is 11.5. The van der Waals surface area contributed by atoms with E-state index >= 15 is 0 Å². The molecular formula is C30H32IrNO3-. The zero-order valence-electron chi connectivity index (χ0n) is 21.3. The van der Waals surface area contributed by atoms with Crippen molar-refractivity contribution in [2.75, 3.05) is 0 Å². The van der Waals surface area contributed by atoms with Crippen LogP contribution in [0, 0.1) is 19.9 Å². The van der Waals surface area contributed by atoms with Gasteiger partial charge in [-0.3, -0.25) is 4.79 Å². The Morgan fingerprint density at radius 2 is 1.69 bits per heavy atom. The smallest absolute Gasteiger partial charge is 0.155 e. The molecule has 0 fully saturated rings. The van der Waals surface area contributed by atoms with Crippen molar-refractivity contribution < 1.29 is 34.4 Å². The maximum absolute atomic E-state index is 10.0. The van der Waals surface area contributed by atoms with Gasteiger partial charge in [0.05, 0.1) is 12.0 Å². The zero-order valence-corrected chi connectivity index (χ0v) is 23.7. The van der Waals surface area contributed by atoms with Crippen LogP contribution in [0.4, 0.5) is 0 Å². The van der Waals surface area contributed by atoms with E-state index in [4.69, 9.17) is 9.52 Å². The van der Waals surface area contributed by atoms with Crippen molar-refractivity contribution >= 4 is 16.8 Å². The number of hydrogen-bond acceptors (Lipinski definition) is 4. The Bertz CT molecular complexity index is 1320. The molecule has 0 spiro atoms. The molecule has 2 heterocycles.